The summed E-state index contributed by atoms with van der Waals surface area (Å²) >= 11 is 0. The molecule has 2 aliphatic rings. The van der Waals surface area contributed by atoms with Gasteiger partial charge >= 0.3 is 0 Å². The van der Waals surface area contributed by atoms with Gasteiger partial charge in [0.05, 0.1) is 31.0 Å². The number of ether oxygens (including phenoxy) is 2. The maximum absolute atomic E-state index is 10.7. The van der Waals surface area contributed by atoms with Crippen molar-refractivity contribution in [3.05, 3.63) is 48.0 Å². The van der Waals surface area contributed by atoms with Crippen molar-refractivity contribution in [2.45, 2.75) is 63.4 Å². The highest BCUT2D eigenvalue weighted by Crippen LogP contribution is 2.47. The first-order valence-electron chi connectivity index (χ1n) is 9.99. The number of rotatable bonds is 10. The Morgan fingerprint density at radius 3 is 2.73 bits per heavy atom. The monoisotopic (exact) mass is 360 g/mol. The van der Waals surface area contributed by atoms with Gasteiger partial charge in [-0.3, -0.25) is 0 Å². The van der Waals surface area contributed by atoms with E-state index < -0.39 is 6.10 Å². The van der Waals surface area contributed by atoms with Crippen molar-refractivity contribution < 1.29 is 19.7 Å². The summed E-state index contributed by atoms with van der Waals surface area (Å²) in [5, 5.41) is 21.1. The van der Waals surface area contributed by atoms with E-state index >= 15 is 0 Å². The summed E-state index contributed by atoms with van der Waals surface area (Å²) in [7, 11) is 0. The van der Waals surface area contributed by atoms with E-state index in [0.717, 1.165) is 25.7 Å². The molecule has 2 unspecified atom stereocenters. The van der Waals surface area contributed by atoms with Crippen LogP contribution in [-0.2, 0) is 15.9 Å². The lowest BCUT2D eigenvalue weighted by molar-refractivity contribution is 0.0593. The van der Waals surface area contributed by atoms with Crippen LogP contribution in [0.2, 0.25) is 0 Å². The fraction of sp³-hybridized carbons (Fsp3) is 0.636. The van der Waals surface area contributed by atoms with Gasteiger partial charge in [0.25, 0.3) is 0 Å². The highest BCUT2D eigenvalue weighted by Gasteiger charge is 2.50. The van der Waals surface area contributed by atoms with Crippen LogP contribution in [0.5, 0.6) is 0 Å². The molecule has 0 aliphatic carbocycles. The van der Waals surface area contributed by atoms with Crippen molar-refractivity contribution in [2.75, 3.05) is 13.2 Å². The van der Waals surface area contributed by atoms with Gasteiger partial charge in [-0.1, -0.05) is 42.5 Å². The molecule has 1 aromatic carbocycles. The molecule has 3 rings (SSSR count). The molecule has 1 aromatic rings. The van der Waals surface area contributed by atoms with E-state index in [4.69, 9.17) is 9.47 Å². The lowest BCUT2D eigenvalue weighted by atomic mass is 9.73. The summed E-state index contributed by atoms with van der Waals surface area (Å²) in [4.78, 5) is 0. The Labute approximate surface area is 156 Å². The Morgan fingerprint density at radius 1 is 1.19 bits per heavy atom. The zero-order valence-corrected chi connectivity index (χ0v) is 15.7. The lowest BCUT2D eigenvalue weighted by Crippen LogP contribution is -2.36. The molecule has 0 amide bonds. The minimum absolute atomic E-state index is 0.135. The molecular weight excluding hydrogens is 328 g/mol. The van der Waals surface area contributed by atoms with Crippen LogP contribution in [0, 0.1) is 11.8 Å². The van der Waals surface area contributed by atoms with Gasteiger partial charge in [-0.15, -0.1) is 0 Å². The van der Waals surface area contributed by atoms with E-state index in [1.165, 1.54) is 5.56 Å². The minimum Gasteiger partial charge on any atom is -0.393 e. The third-order valence-electron chi connectivity index (χ3n) is 5.78. The smallest absolute Gasteiger partial charge is 0.0778 e. The zero-order valence-electron chi connectivity index (χ0n) is 15.7. The molecule has 2 heterocycles. The summed E-state index contributed by atoms with van der Waals surface area (Å²) in [5.74, 6) is 0.460. The maximum Gasteiger partial charge on any atom is 0.0778 e. The van der Waals surface area contributed by atoms with Gasteiger partial charge in [-0.05, 0) is 50.5 Å². The highest BCUT2D eigenvalue weighted by molar-refractivity contribution is 5.15. The van der Waals surface area contributed by atoms with Gasteiger partial charge in [0.2, 0.25) is 0 Å². The molecule has 2 fully saturated rings. The molecular formula is C22H32O4. The van der Waals surface area contributed by atoms with Crippen molar-refractivity contribution in [1.29, 1.82) is 0 Å². The van der Waals surface area contributed by atoms with Gasteiger partial charge in [-0.2, -0.15) is 0 Å². The predicted molar refractivity (Wildman–Crippen MR) is 102 cm³/mol. The van der Waals surface area contributed by atoms with Crippen molar-refractivity contribution >= 4 is 0 Å². The Kier molecular flexibility index (Phi) is 7.26. The average molecular weight is 360 g/mol. The van der Waals surface area contributed by atoms with Crippen LogP contribution in [0.15, 0.2) is 42.5 Å². The van der Waals surface area contributed by atoms with Crippen LogP contribution >= 0.6 is 0 Å². The molecule has 4 heteroatoms. The highest BCUT2D eigenvalue weighted by atomic mass is 16.5. The van der Waals surface area contributed by atoms with Gasteiger partial charge < -0.3 is 19.7 Å². The number of hydrogen-bond donors (Lipinski definition) is 2. The van der Waals surface area contributed by atoms with E-state index in [1.807, 2.05) is 37.3 Å². The second-order valence-corrected chi connectivity index (χ2v) is 7.53. The topological polar surface area (TPSA) is 58.9 Å². The van der Waals surface area contributed by atoms with Crippen LogP contribution in [0.1, 0.15) is 38.2 Å². The largest absolute Gasteiger partial charge is 0.393 e. The Balaban J connectivity index is 1.52. The van der Waals surface area contributed by atoms with Crippen molar-refractivity contribution in [2.24, 2.45) is 11.8 Å². The molecule has 144 valence electrons. The molecule has 4 nitrogen and oxygen atoms in total. The van der Waals surface area contributed by atoms with E-state index in [1.54, 1.807) is 0 Å². The lowest BCUT2D eigenvalue weighted by Gasteiger charge is -2.31. The SMILES string of the molecule is CCOCC=C[C@H](O)[C@H]1[C@@H]2CCC(O2)[C@@H]1CCC(O)Cc1ccccc1. The predicted octanol–water partition coefficient (Wildman–Crippen LogP) is 3.12. The molecule has 0 radical (unpaired) electrons. The second kappa shape index (κ2) is 9.65. The van der Waals surface area contributed by atoms with E-state index in [2.05, 4.69) is 12.1 Å². The van der Waals surface area contributed by atoms with Crippen LogP contribution in [0.3, 0.4) is 0 Å². The van der Waals surface area contributed by atoms with Crippen LogP contribution in [0.4, 0.5) is 0 Å². The molecule has 2 N–H and O–H groups in total. The Bertz CT molecular complexity index is 559. The molecule has 26 heavy (non-hydrogen) atoms. The Morgan fingerprint density at radius 2 is 1.96 bits per heavy atom. The molecule has 2 bridgehead atoms. The standard InChI is InChI=1S/C22H32O4/c1-2-25-14-6-9-19(24)22-18(20-12-13-21(22)26-20)11-10-17(23)15-16-7-4-3-5-8-16/h3-9,17-24H,2,10-15H2,1H3/t17?,18-,19-,20?,21-,22-/m0/s1. The summed E-state index contributed by atoms with van der Waals surface area (Å²) < 4.78 is 11.4. The van der Waals surface area contributed by atoms with Gasteiger partial charge in [0.15, 0.2) is 0 Å². The molecule has 0 saturated carbocycles. The summed E-state index contributed by atoms with van der Waals surface area (Å²) in [6.07, 6.45) is 7.76. The number of hydrogen-bond acceptors (Lipinski definition) is 4. The number of aliphatic hydroxyl groups excluding tert-OH is 2. The van der Waals surface area contributed by atoms with Crippen molar-refractivity contribution in [3.63, 3.8) is 0 Å². The van der Waals surface area contributed by atoms with Crippen LogP contribution in [0.25, 0.3) is 0 Å². The summed E-state index contributed by atoms with van der Waals surface area (Å²) in [6, 6.07) is 10.1. The van der Waals surface area contributed by atoms with Gasteiger partial charge in [-0.25, -0.2) is 0 Å². The summed E-state index contributed by atoms with van der Waals surface area (Å²) in [5.41, 5.74) is 1.17. The summed E-state index contributed by atoms with van der Waals surface area (Å²) in [6.45, 7) is 3.18. The average Bonchev–Trinajstić information content (AvgIpc) is 3.25. The fourth-order valence-corrected chi connectivity index (χ4v) is 4.54. The molecule has 0 aromatic heterocycles. The van der Waals surface area contributed by atoms with Crippen LogP contribution < -0.4 is 0 Å². The number of fused-ring (bicyclic) bond motifs is 2. The first kappa shape index (κ1) is 19.6. The number of benzene rings is 1. The third kappa shape index (κ3) is 4.95. The minimum atomic E-state index is -0.498. The first-order valence-corrected chi connectivity index (χ1v) is 9.99. The van der Waals surface area contributed by atoms with E-state index in [9.17, 15) is 10.2 Å². The number of aliphatic hydroxyl groups is 2. The van der Waals surface area contributed by atoms with Crippen LogP contribution in [-0.4, -0.2) is 47.8 Å². The second-order valence-electron chi connectivity index (χ2n) is 7.53. The fourth-order valence-electron chi connectivity index (χ4n) is 4.54. The molecule has 2 saturated heterocycles. The zero-order chi connectivity index (χ0) is 18.4. The maximum atomic E-state index is 10.7. The van der Waals surface area contributed by atoms with Crippen molar-refractivity contribution in [1.82, 2.24) is 0 Å². The normalized spacial score (nSPS) is 30.1. The van der Waals surface area contributed by atoms with E-state index in [0.29, 0.717) is 25.6 Å². The Hall–Kier alpha value is -1.20. The van der Waals surface area contributed by atoms with E-state index in [-0.39, 0.29) is 24.2 Å². The quantitative estimate of drug-likeness (QED) is 0.497. The van der Waals surface area contributed by atoms with Crippen molar-refractivity contribution in [3.8, 4) is 0 Å². The third-order valence-corrected chi connectivity index (χ3v) is 5.78. The molecule has 0 spiro atoms. The van der Waals surface area contributed by atoms with Gasteiger partial charge in [0.1, 0.15) is 0 Å². The first-order chi connectivity index (χ1) is 12.7. The molecule has 2 aliphatic heterocycles. The van der Waals surface area contributed by atoms with Gasteiger partial charge in [0, 0.05) is 12.5 Å². The molecule has 6 atom stereocenters.